The molecule has 0 aliphatic carbocycles. The largest absolute Gasteiger partial charge is 0.293 e. The lowest BCUT2D eigenvalue weighted by Crippen LogP contribution is -2.06. The smallest absolute Gasteiger partial charge is 0.267 e. The van der Waals surface area contributed by atoms with Gasteiger partial charge in [-0.25, -0.2) is 0 Å². The van der Waals surface area contributed by atoms with Crippen molar-refractivity contribution in [3.05, 3.63) is 37.0 Å². The molecule has 0 saturated heterocycles. The quantitative estimate of drug-likeness (QED) is 0.291. The zero-order valence-corrected chi connectivity index (χ0v) is 15.9. The molecule has 0 aromatic carbocycles. The van der Waals surface area contributed by atoms with Crippen molar-refractivity contribution >= 4 is 22.1 Å². The first kappa shape index (κ1) is 26.4. The van der Waals surface area contributed by atoms with E-state index in [9.17, 15) is 13.2 Å². The van der Waals surface area contributed by atoms with Crippen LogP contribution >= 0.6 is 0 Å². The third-order valence-electron chi connectivity index (χ3n) is 2.14. The number of ketones is 1. The van der Waals surface area contributed by atoms with Gasteiger partial charge in [-0.1, -0.05) is 23.8 Å². The van der Waals surface area contributed by atoms with Gasteiger partial charge >= 0.3 is 0 Å². The van der Waals surface area contributed by atoms with Gasteiger partial charge in [0, 0.05) is 6.92 Å². The summed E-state index contributed by atoms with van der Waals surface area (Å²) in [7, 11) is -2.07. The van der Waals surface area contributed by atoms with Crippen LogP contribution < -0.4 is 0 Å². The number of nitrogens with zero attached hydrogens (tertiary/aromatic N) is 1. The van der Waals surface area contributed by atoms with Crippen LogP contribution in [0.5, 0.6) is 0 Å². The molecule has 0 unspecified atom stereocenters. The second-order valence-corrected chi connectivity index (χ2v) is 6.48. The minimum atomic E-state index is -3.24. The van der Waals surface area contributed by atoms with E-state index in [-0.39, 0.29) is 11.5 Å². The van der Waals surface area contributed by atoms with Gasteiger partial charge in [0.05, 0.1) is 25.6 Å². The molecule has 0 radical (unpaired) electrons. The maximum absolute atomic E-state index is 10.6. The first-order chi connectivity index (χ1) is 10.7. The third kappa shape index (κ3) is 33.4. The molecule has 0 fully saturated rings. The van der Waals surface area contributed by atoms with E-state index in [4.69, 9.17) is 0 Å². The molecule has 0 N–H and O–H groups in total. The zero-order chi connectivity index (χ0) is 18.7. The number of unbranched alkanes of at least 4 members (excludes halogenated alkanes) is 1. The van der Waals surface area contributed by atoms with Crippen molar-refractivity contribution in [2.75, 3.05) is 19.4 Å². The molecule has 0 atom stereocenters. The lowest BCUT2D eigenvalue weighted by Gasteiger charge is -1.97. The molecule has 23 heavy (non-hydrogen) atoms. The van der Waals surface area contributed by atoms with E-state index in [0.717, 1.165) is 0 Å². The monoisotopic (exact) mass is 345 g/mol. The Labute approximate surface area is 142 Å². The number of Topliss-reactive ketones (excluding diaryl/α,β-unsaturated/α-hetero) is 1. The van der Waals surface area contributed by atoms with Crippen molar-refractivity contribution in [2.24, 2.45) is 4.99 Å². The van der Waals surface area contributed by atoms with E-state index >= 15 is 0 Å². The van der Waals surface area contributed by atoms with Crippen LogP contribution in [-0.4, -0.2) is 39.8 Å². The van der Waals surface area contributed by atoms with Crippen LogP contribution in [-0.2, 0) is 19.1 Å². The van der Waals surface area contributed by atoms with Crippen LogP contribution in [0.25, 0.3) is 0 Å². The maximum Gasteiger partial charge on any atom is 0.267 e. The Morgan fingerprint density at radius 3 is 2.00 bits per heavy atom. The summed E-state index contributed by atoms with van der Waals surface area (Å²) in [6, 6.07) is 0. The number of hydrogen-bond donors (Lipinski definition) is 0. The number of carbonyl (C=O) groups excluding carboxylic acids is 1. The molecule has 0 spiro atoms. The van der Waals surface area contributed by atoms with Crippen molar-refractivity contribution in [1.29, 1.82) is 0 Å². The summed E-state index contributed by atoms with van der Waals surface area (Å²) in [5, 5.41) is 0. The highest BCUT2D eigenvalue weighted by molar-refractivity contribution is 7.86. The number of carbonyl (C=O) groups is 1. The molecular formula is C17H31NO4S. The Hall–Kier alpha value is -1.53. The van der Waals surface area contributed by atoms with Crippen LogP contribution in [0.1, 0.15) is 40.5 Å². The second kappa shape index (κ2) is 18.5. The van der Waals surface area contributed by atoms with Crippen LogP contribution in [0.4, 0.5) is 0 Å². The summed E-state index contributed by atoms with van der Waals surface area (Å²) in [4.78, 5) is 13.8. The zero-order valence-electron chi connectivity index (χ0n) is 15.0. The molecule has 134 valence electrons. The highest BCUT2D eigenvalue weighted by atomic mass is 32.2. The van der Waals surface area contributed by atoms with E-state index in [1.165, 1.54) is 25.8 Å². The average molecular weight is 346 g/mol. The molecule has 0 aromatic rings. The topological polar surface area (TPSA) is 72.8 Å². The van der Waals surface area contributed by atoms with Crippen LogP contribution in [0.3, 0.4) is 0 Å². The molecule has 0 bridgehead atoms. The van der Waals surface area contributed by atoms with E-state index in [0.29, 0.717) is 19.4 Å². The number of allylic oxidation sites excluding steroid dienone is 3. The van der Waals surface area contributed by atoms with Gasteiger partial charge in [-0.15, -0.1) is 13.2 Å². The molecule has 0 heterocycles. The molecular weight excluding hydrogens is 314 g/mol. The summed E-state index contributed by atoms with van der Waals surface area (Å²) in [6.45, 7) is 15.1. The Kier molecular flexibility index (Phi) is 21.2. The SMILES string of the molecule is C=CCCCS(=O)(=O)OC.C=CCN=CC(C)=O.CC=C(C)C. The highest BCUT2D eigenvalue weighted by Crippen LogP contribution is 1.97. The average Bonchev–Trinajstić information content (AvgIpc) is 2.48. The maximum atomic E-state index is 10.6. The Morgan fingerprint density at radius 1 is 1.17 bits per heavy atom. The van der Waals surface area contributed by atoms with E-state index in [2.05, 4.69) is 42.3 Å². The second-order valence-electron chi connectivity index (χ2n) is 4.62. The third-order valence-corrected chi connectivity index (χ3v) is 3.44. The summed E-state index contributed by atoms with van der Waals surface area (Å²) in [5.41, 5.74) is 1.38. The number of rotatable bonds is 8. The van der Waals surface area contributed by atoms with E-state index in [1.54, 1.807) is 12.2 Å². The molecule has 0 rings (SSSR count). The minimum Gasteiger partial charge on any atom is -0.293 e. The van der Waals surface area contributed by atoms with Gasteiger partial charge in [0.1, 0.15) is 0 Å². The molecule has 0 aliphatic rings. The fraction of sp³-hybridized carbons (Fsp3) is 0.529. The number of hydrogen-bond acceptors (Lipinski definition) is 5. The van der Waals surface area contributed by atoms with Gasteiger partial charge in [-0.3, -0.25) is 14.0 Å². The Morgan fingerprint density at radius 2 is 1.70 bits per heavy atom. The van der Waals surface area contributed by atoms with Gasteiger partial charge in [-0.05, 0) is 33.6 Å². The standard InChI is InChI=1S/C6H9NO.C6H12O3S.C5H10/c1-3-4-7-5-6(2)8;1-3-4-5-6-10(7,8)9-2;1-4-5(2)3/h3,5H,1,4H2,2H3;3H,1,4-6H2,2H3;4H,1-3H3. The fourth-order valence-corrected chi connectivity index (χ4v) is 1.43. The first-order valence-electron chi connectivity index (χ1n) is 7.26. The van der Waals surface area contributed by atoms with Gasteiger partial charge in [-0.2, -0.15) is 8.42 Å². The fourth-order valence-electron chi connectivity index (χ4n) is 0.744. The summed E-state index contributed by atoms with van der Waals surface area (Å²) < 4.78 is 25.5. The molecule has 5 nitrogen and oxygen atoms in total. The van der Waals surface area contributed by atoms with Crippen molar-refractivity contribution < 1.29 is 17.4 Å². The van der Waals surface area contributed by atoms with Crippen molar-refractivity contribution in [3.8, 4) is 0 Å². The van der Waals surface area contributed by atoms with Crippen molar-refractivity contribution in [3.63, 3.8) is 0 Å². The Bertz CT molecular complexity index is 473. The summed E-state index contributed by atoms with van der Waals surface area (Å²) in [6.07, 6.45) is 7.99. The lowest BCUT2D eigenvalue weighted by atomic mass is 10.3. The lowest BCUT2D eigenvalue weighted by molar-refractivity contribution is -0.110. The minimum absolute atomic E-state index is 0.0214. The van der Waals surface area contributed by atoms with Gasteiger partial charge < -0.3 is 0 Å². The van der Waals surface area contributed by atoms with Crippen LogP contribution in [0, 0.1) is 0 Å². The molecule has 6 heteroatoms. The normalized spacial score (nSPS) is 9.78. The van der Waals surface area contributed by atoms with Crippen molar-refractivity contribution in [1.82, 2.24) is 0 Å². The predicted octanol–water partition coefficient (Wildman–Crippen LogP) is 3.73. The van der Waals surface area contributed by atoms with Gasteiger partial charge in [0.15, 0.2) is 5.78 Å². The Balaban J connectivity index is -0.000000276. The van der Waals surface area contributed by atoms with E-state index in [1.807, 2.05) is 6.92 Å². The molecule has 0 aromatic heterocycles. The van der Waals surface area contributed by atoms with Crippen LogP contribution in [0.15, 0.2) is 42.0 Å². The summed E-state index contributed by atoms with van der Waals surface area (Å²) >= 11 is 0. The molecule has 0 amide bonds. The molecule has 0 saturated carbocycles. The van der Waals surface area contributed by atoms with Crippen molar-refractivity contribution in [2.45, 2.75) is 40.5 Å². The number of aliphatic imine (C=N–C) groups is 1. The highest BCUT2D eigenvalue weighted by Gasteiger charge is 2.05. The summed E-state index contributed by atoms with van der Waals surface area (Å²) in [5.74, 6) is 0.0575. The van der Waals surface area contributed by atoms with E-state index < -0.39 is 10.1 Å². The van der Waals surface area contributed by atoms with Crippen LogP contribution in [0.2, 0.25) is 0 Å². The first-order valence-corrected chi connectivity index (χ1v) is 8.84. The van der Waals surface area contributed by atoms with Gasteiger partial charge in [0.2, 0.25) is 0 Å². The van der Waals surface area contributed by atoms with Gasteiger partial charge in [0.25, 0.3) is 10.1 Å². The molecule has 0 aliphatic heterocycles. The predicted molar refractivity (Wildman–Crippen MR) is 99.6 cm³/mol.